The number of benzene rings is 4. The molecule has 0 bridgehead atoms. The Bertz CT molecular complexity index is 1790. The van der Waals surface area contributed by atoms with Crippen LogP contribution in [0.5, 0.6) is 0 Å². The van der Waals surface area contributed by atoms with Crippen LogP contribution in [-0.4, -0.2) is 33.3 Å². The Morgan fingerprint density at radius 3 is 1.68 bits per heavy atom. The molecule has 1 fully saturated rings. The highest BCUT2D eigenvalue weighted by Crippen LogP contribution is 2.38. The third kappa shape index (κ3) is 4.10. The first-order chi connectivity index (χ1) is 19.3. The third-order valence-electron chi connectivity index (χ3n) is 7.99. The molecule has 0 radical (unpaired) electrons. The number of nitrogens with zero attached hydrogens (tertiary/aromatic N) is 3. The van der Waals surface area contributed by atoms with Crippen molar-refractivity contribution in [2.24, 2.45) is 0 Å². The van der Waals surface area contributed by atoms with E-state index in [-0.39, 0.29) is 0 Å². The van der Waals surface area contributed by atoms with Gasteiger partial charge in [-0.25, -0.2) is 15.0 Å². The van der Waals surface area contributed by atoms with Crippen LogP contribution in [-0.2, 0) is 9.31 Å². The molecule has 6 aromatic rings. The van der Waals surface area contributed by atoms with E-state index in [0.29, 0.717) is 17.5 Å². The van der Waals surface area contributed by atoms with Crippen molar-refractivity contribution in [3.63, 3.8) is 0 Å². The Labute approximate surface area is 233 Å². The molecule has 3 heterocycles. The molecular formula is C33H28BN3O3. The lowest BCUT2D eigenvalue weighted by molar-refractivity contribution is 0.00578. The van der Waals surface area contributed by atoms with Gasteiger partial charge in [0.25, 0.3) is 0 Å². The van der Waals surface area contributed by atoms with Gasteiger partial charge in [-0.3, -0.25) is 0 Å². The maximum absolute atomic E-state index is 6.42. The lowest BCUT2D eigenvalue weighted by Crippen LogP contribution is -2.41. The van der Waals surface area contributed by atoms with E-state index in [9.17, 15) is 0 Å². The van der Waals surface area contributed by atoms with Gasteiger partial charge >= 0.3 is 7.12 Å². The molecule has 1 saturated heterocycles. The van der Waals surface area contributed by atoms with E-state index in [2.05, 4.69) is 39.8 Å². The van der Waals surface area contributed by atoms with Crippen LogP contribution in [0.1, 0.15) is 27.7 Å². The van der Waals surface area contributed by atoms with Crippen LogP contribution >= 0.6 is 0 Å². The Hall–Kier alpha value is -4.33. The second kappa shape index (κ2) is 9.12. The summed E-state index contributed by atoms with van der Waals surface area (Å²) in [5.74, 6) is 1.84. The zero-order chi connectivity index (χ0) is 27.5. The van der Waals surface area contributed by atoms with Gasteiger partial charge < -0.3 is 13.7 Å². The van der Waals surface area contributed by atoms with Crippen molar-refractivity contribution in [1.82, 2.24) is 15.0 Å². The van der Waals surface area contributed by atoms with Gasteiger partial charge in [-0.05, 0) is 57.4 Å². The number of rotatable bonds is 4. The molecule has 40 heavy (non-hydrogen) atoms. The van der Waals surface area contributed by atoms with Gasteiger partial charge in [-0.15, -0.1) is 0 Å². The second-order valence-electron chi connectivity index (χ2n) is 11.2. The molecule has 0 aliphatic carbocycles. The highest BCUT2D eigenvalue weighted by Gasteiger charge is 2.52. The predicted octanol–water partition coefficient (Wildman–Crippen LogP) is 7.07. The zero-order valence-electron chi connectivity index (χ0n) is 22.9. The molecule has 0 saturated carbocycles. The Morgan fingerprint density at radius 1 is 0.550 bits per heavy atom. The fraction of sp³-hybridized carbons (Fsp3) is 0.182. The summed E-state index contributed by atoms with van der Waals surface area (Å²) in [5.41, 5.74) is 4.35. The Balaban J connectivity index is 1.41. The summed E-state index contributed by atoms with van der Waals surface area (Å²) in [6.45, 7) is 8.25. The third-order valence-corrected chi connectivity index (χ3v) is 7.99. The van der Waals surface area contributed by atoms with E-state index < -0.39 is 18.3 Å². The van der Waals surface area contributed by atoms with E-state index in [1.165, 1.54) is 0 Å². The standard InChI is InChI=1S/C33H28BN3O3/c1-32(2)33(3,4)40-34(39-32)25-16-11-17-27-28(25)24-20-23(18-19-26(24)38-27)31-36-29(21-12-7-5-8-13-21)35-30(37-31)22-14-9-6-10-15-22/h5-20H,1-4H3. The number of aromatic nitrogens is 3. The summed E-state index contributed by atoms with van der Waals surface area (Å²) < 4.78 is 19.1. The molecule has 0 unspecified atom stereocenters. The van der Waals surface area contributed by atoms with Crippen molar-refractivity contribution in [3.05, 3.63) is 97.1 Å². The van der Waals surface area contributed by atoms with Crippen LogP contribution in [0, 0.1) is 0 Å². The van der Waals surface area contributed by atoms with Gasteiger partial charge in [-0.1, -0.05) is 72.8 Å². The molecular weight excluding hydrogens is 497 g/mol. The van der Waals surface area contributed by atoms with Crippen molar-refractivity contribution in [2.75, 3.05) is 0 Å². The monoisotopic (exact) mass is 525 g/mol. The fourth-order valence-corrected chi connectivity index (χ4v) is 5.10. The van der Waals surface area contributed by atoms with Gasteiger partial charge in [-0.2, -0.15) is 0 Å². The molecule has 4 aromatic carbocycles. The summed E-state index contributed by atoms with van der Waals surface area (Å²) in [7, 11) is -0.510. The highest BCUT2D eigenvalue weighted by molar-refractivity contribution is 6.66. The van der Waals surface area contributed by atoms with Gasteiger partial charge in [0.05, 0.1) is 11.2 Å². The lowest BCUT2D eigenvalue weighted by atomic mass is 9.76. The first-order valence-corrected chi connectivity index (χ1v) is 13.5. The molecule has 7 heteroatoms. The maximum atomic E-state index is 6.42. The topological polar surface area (TPSA) is 70.3 Å². The minimum Gasteiger partial charge on any atom is -0.456 e. The van der Waals surface area contributed by atoms with Gasteiger partial charge in [0.15, 0.2) is 17.5 Å². The normalized spacial score (nSPS) is 16.1. The van der Waals surface area contributed by atoms with Crippen molar-refractivity contribution in [2.45, 2.75) is 38.9 Å². The first kappa shape index (κ1) is 24.7. The average molecular weight is 525 g/mol. The van der Waals surface area contributed by atoms with Crippen LogP contribution in [0.4, 0.5) is 0 Å². The van der Waals surface area contributed by atoms with E-state index in [1.54, 1.807) is 0 Å². The largest absolute Gasteiger partial charge is 0.495 e. The SMILES string of the molecule is CC1(C)OB(c2cccc3oc4ccc(-c5nc(-c6ccccc6)nc(-c6ccccc6)n5)cc4c23)OC1(C)C. The van der Waals surface area contributed by atoms with E-state index in [1.807, 2.05) is 84.9 Å². The molecule has 2 aromatic heterocycles. The van der Waals surface area contributed by atoms with E-state index in [4.69, 9.17) is 28.7 Å². The summed E-state index contributed by atoms with van der Waals surface area (Å²) in [5, 5.41) is 1.93. The number of hydrogen-bond acceptors (Lipinski definition) is 6. The molecule has 1 aliphatic rings. The summed E-state index contributed by atoms with van der Waals surface area (Å²) in [4.78, 5) is 14.6. The lowest BCUT2D eigenvalue weighted by Gasteiger charge is -2.32. The Kier molecular flexibility index (Phi) is 5.63. The molecule has 7 rings (SSSR count). The van der Waals surface area contributed by atoms with Crippen LogP contribution < -0.4 is 5.46 Å². The first-order valence-electron chi connectivity index (χ1n) is 13.5. The maximum Gasteiger partial charge on any atom is 0.495 e. The van der Waals surface area contributed by atoms with Crippen molar-refractivity contribution >= 4 is 34.5 Å². The van der Waals surface area contributed by atoms with Crippen LogP contribution in [0.3, 0.4) is 0 Å². The smallest absolute Gasteiger partial charge is 0.456 e. The van der Waals surface area contributed by atoms with Gasteiger partial charge in [0.2, 0.25) is 0 Å². The summed E-state index contributed by atoms with van der Waals surface area (Å²) in [6.07, 6.45) is 0. The summed E-state index contributed by atoms with van der Waals surface area (Å²) >= 11 is 0. The average Bonchev–Trinajstić information content (AvgIpc) is 3.45. The minimum absolute atomic E-state index is 0.447. The number of fused-ring (bicyclic) bond motifs is 3. The van der Waals surface area contributed by atoms with Crippen LogP contribution in [0.2, 0.25) is 0 Å². The molecule has 0 spiro atoms. The predicted molar refractivity (Wildman–Crippen MR) is 159 cm³/mol. The van der Waals surface area contributed by atoms with Gasteiger partial charge in [0, 0.05) is 27.5 Å². The minimum atomic E-state index is -0.510. The molecule has 6 nitrogen and oxygen atoms in total. The molecule has 196 valence electrons. The van der Waals surface area contributed by atoms with E-state index in [0.717, 1.165) is 44.1 Å². The summed E-state index contributed by atoms with van der Waals surface area (Å²) in [6, 6.07) is 32.1. The van der Waals surface area contributed by atoms with E-state index >= 15 is 0 Å². The van der Waals surface area contributed by atoms with Crippen LogP contribution in [0.25, 0.3) is 56.1 Å². The quantitative estimate of drug-likeness (QED) is 0.229. The second-order valence-corrected chi connectivity index (χ2v) is 11.2. The highest BCUT2D eigenvalue weighted by atomic mass is 16.7. The number of furan rings is 1. The number of hydrogen-bond donors (Lipinski definition) is 0. The fourth-order valence-electron chi connectivity index (χ4n) is 5.10. The molecule has 1 aliphatic heterocycles. The van der Waals surface area contributed by atoms with Crippen LogP contribution in [0.15, 0.2) is 101 Å². The van der Waals surface area contributed by atoms with Crippen molar-refractivity contribution in [1.29, 1.82) is 0 Å². The van der Waals surface area contributed by atoms with Crippen molar-refractivity contribution in [3.8, 4) is 34.2 Å². The zero-order valence-corrected chi connectivity index (χ0v) is 22.9. The van der Waals surface area contributed by atoms with Crippen molar-refractivity contribution < 1.29 is 13.7 Å². The Morgan fingerprint density at radius 2 is 1.10 bits per heavy atom. The molecule has 0 atom stereocenters. The molecule has 0 N–H and O–H groups in total. The van der Waals surface area contributed by atoms with Gasteiger partial charge in [0.1, 0.15) is 11.2 Å². The molecule has 0 amide bonds.